The van der Waals surface area contributed by atoms with Crippen LogP contribution in [0.15, 0.2) is 11.6 Å². The summed E-state index contributed by atoms with van der Waals surface area (Å²) in [6.45, 7) is 16.0. The number of hydrogen-bond donors (Lipinski definition) is 5. The van der Waals surface area contributed by atoms with Crippen LogP contribution in [0.1, 0.15) is 99.8 Å². The molecule has 0 aromatic carbocycles. The maximum absolute atomic E-state index is 12.1. The van der Waals surface area contributed by atoms with Crippen LogP contribution in [0.3, 0.4) is 0 Å². The lowest BCUT2D eigenvalue weighted by atomic mass is 9.38. The van der Waals surface area contributed by atoms with Crippen molar-refractivity contribution in [3.05, 3.63) is 11.6 Å². The van der Waals surface area contributed by atoms with Crippen molar-refractivity contribution in [2.75, 3.05) is 6.61 Å². The molecule has 0 amide bonds. The second-order valence-corrected chi connectivity index (χ2v) is 15.5. The van der Waals surface area contributed by atoms with Gasteiger partial charge in [0.1, 0.15) is 24.4 Å². The van der Waals surface area contributed by atoms with E-state index < -0.39 is 37.3 Å². The van der Waals surface area contributed by atoms with E-state index in [9.17, 15) is 25.5 Å². The monoisotopic (exact) mass is 564 g/mol. The summed E-state index contributed by atoms with van der Waals surface area (Å²) in [5, 5.41) is 52.9. The second kappa shape index (κ2) is 10.6. The molecule has 0 bridgehead atoms. The van der Waals surface area contributed by atoms with Crippen LogP contribution < -0.4 is 0 Å². The molecule has 5 N–H and O–H groups in total. The third-order valence-electron chi connectivity index (χ3n) is 13.5. The summed E-state index contributed by atoms with van der Waals surface area (Å²) < 4.78 is 12.1. The molecule has 40 heavy (non-hydrogen) atoms. The first-order chi connectivity index (χ1) is 18.7. The van der Waals surface area contributed by atoms with Crippen molar-refractivity contribution in [1.82, 2.24) is 0 Å². The van der Waals surface area contributed by atoms with Gasteiger partial charge in [0.2, 0.25) is 0 Å². The van der Waals surface area contributed by atoms with E-state index in [0.717, 1.165) is 25.7 Å². The van der Waals surface area contributed by atoms with E-state index in [0.29, 0.717) is 17.8 Å². The molecular formula is C33H56O7. The Morgan fingerprint density at radius 3 is 2.33 bits per heavy atom. The zero-order chi connectivity index (χ0) is 29.4. The Morgan fingerprint density at radius 2 is 1.68 bits per heavy atom. The van der Waals surface area contributed by atoms with Gasteiger partial charge in [-0.05, 0) is 73.0 Å². The molecule has 0 aromatic rings. The van der Waals surface area contributed by atoms with Crippen molar-refractivity contribution in [1.29, 1.82) is 0 Å². The van der Waals surface area contributed by atoms with Gasteiger partial charge in [0.25, 0.3) is 0 Å². The van der Waals surface area contributed by atoms with Crippen LogP contribution in [-0.4, -0.2) is 75.1 Å². The molecule has 3 unspecified atom stereocenters. The SMILES string of the molecule is CCC[C@@H](C)C1CC[C@@]2(C)C3CC=C4C(CC[C@H](O[C@@H]5O[C@H](CO)[C@@H](O)[C@H](O)[C@H]5O)C4(C)C)[C@]3(C)[C@H](O)C[C@]12C. The van der Waals surface area contributed by atoms with Crippen LogP contribution in [0.5, 0.6) is 0 Å². The van der Waals surface area contributed by atoms with Crippen LogP contribution in [-0.2, 0) is 9.47 Å². The molecule has 230 valence electrons. The van der Waals surface area contributed by atoms with Gasteiger partial charge >= 0.3 is 0 Å². The van der Waals surface area contributed by atoms with Gasteiger partial charge < -0.3 is 35.0 Å². The lowest BCUT2D eigenvalue weighted by Gasteiger charge is -2.67. The molecule has 7 nitrogen and oxygen atoms in total. The first-order valence-corrected chi connectivity index (χ1v) is 16.0. The Kier molecular flexibility index (Phi) is 8.16. The molecule has 14 atom stereocenters. The van der Waals surface area contributed by atoms with Crippen molar-refractivity contribution in [2.24, 2.45) is 45.3 Å². The molecule has 0 aromatic heterocycles. The van der Waals surface area contributed by atoms with E-state index in [1.807, 2.05) is 0 Å². The van der Waals surface area contributed by atoms with Crippen LogP contribution >= 0.6 is 0 Å². The van der Waals surface area contributed by atoms with Gasteiger partial charge in [0, 0.05) is 10.8 Å². The highest BCUT2D eigenvalue weighted by Gasteiger charge is 2.70. The van der Waals surface area contributed by atoms with E-state index in [-0.39, 0.29) is 39.8 Å². The van der Waals surface area contributed by atoms with Crippen molar-refractivity contribution in [2.45, 2.75) is 143 Å². The van der Waals surface area contributed by atoms with Gasteiger partial charge in [-0.2, -0.15) is 0 Å². The zero-order valence-electron chi connectivity index (χ0n) is 25.8. The average molecular weight is 565 g/mol. The highest BCUT2D eigenvalue weighted by atomic mass is 16.7. The van der Waals surface area contributed by atoms with Crippen LogP contribution in [0.4, 0.5) is 0 Å². The smallest absolute Gasteiger partial charge is 0.187 e. The predicted molar refractivity (Wildman–Crippen MR) is 153 cm³/mol. The molecule has 7 heteroatoms. The minimum absolute atomic E-state index is 0.134. The first-order valence-electron chi connectivity index (χ1n) is 16.0. The summed E-state index contributed by atoms with van der Waals surface area (Å²) in [6, 6.07) is 0. The lowest BCUT2D eigenvalue weighted by molar-refractivity contribution is -0.320. The van der Waals surface area contributed by atoms with E-state index in [1.54, 1.807) is 0 Å². The van der Waals surface area contributed by atoms with Crippen LogP contribution in [0, 0.1) is 45.3 Å². The van der Waals surface area contributed by atoms with Crippen molar-refractivity contribution < 1.29 is 35.0 Å². The van der Waals surface area contributed by atoms with Gasteiger partial charge in [-0.3, -0.25) is 0 Å². The van der Waals surface area contributed by atoms with E-state index in [2.05, 4.69) is 54.5 Å². The second-order valence-electron chi connectivity index (χ2n) is 15.5. The molecule has 1 saturated heterocycles. The molecule has 0 radical (unpaired) electrons. The Labute approximate surface area is 241 Å². The fraction of sp³-hybridized carbons (Fsp3) is 0.939. The highest BCUT2D eigenvalue weighted by molar-refractivity contribution is 5.31. The Balaban J connectivity index is 1.42. The highest BCUT2D eigenvalue weighted by Crippen LogP contribution is 2.75. The molecule has 4 fully saturated rings. The van der Waals surface area contributed by atoms with E-state index in [4.69, 9.17) is 9.47 Å². The lowest BCUT2D eigenvalue weighted by Crippen LogP contribution is -2.65. The fourth-order valence-electron chi connectivity index (χ4n) is 10.9. The van der Waals surface area contributed by atoms with Crippen molar-refractivity contribution >= 4 is 0 Å². The van der Waals surface area contributed by atoms with Gasteiger partial charge in [0.05, 0.1) is 18.8 Å². The molecule has 5 rings (SSSR count). The molecule has 5 aliphatic rings. The summed E-state index contributed by atoms with van der Waals surface area (Å²) in [6.07, 6.45) is 3.83. The molecule has 0 spiro atoms. The largest absolute Gasteiger partial charge is 0.394 e. The maximum Gasteiger partial charge on any atom is 0.187 e. The standard InChI is InChI=1S/C33H56O7/c1-8-9-18(2)19-14-15-31(5)23-12-10-20-21(33(23,7)24(35)16-32(19,31)6)11-13-25(30(20,3)4)40-29-28(38)27(37)26(36)22(17-34)39-29/h10,18-19,21-29,34-38H,8-9,11-17H2,1-7H3/t18-,19?,21?,22-,23?,24-,25+,26-,27+,28-,29+,31+,32-,33+/m1/s1. The number of allylic oxidation sites excluding steroid dienone is 1. The number of hydrogen-bond acceptors (Lipinski definition) is 7. The number of aliphatic hydroxyl groups is 5. The van der Waals surface area contributed by atoms with E-state index in [1.165, 1.54) is 31.3 Å². The van der Waals surface area contributed by atoms with Crippen LogP contribution in [0.25, 0.3) is 0 Å². The third kappa shape index (κ3) is 4.23. The quantitative estimate of drug-likeness (QED) is 0.307. The number of ether oxygens (including phenoxy) is 2. The van der Waals surface area contributed by atoms with Crippen molar-refractivity contribution in [3.8, 4) is 0 Å². The average Bonchev–Trinajstić information content (AvgIpc) is 3.16. The normalized spacial score (nSPS) is 52.8. The van der Waals surface area contributed by atoms with Crippen LogP contribution in [0.2, 0.25) is 0 Å². The molecule has 4 aliphatic carbocycles. The summed E-state index contributed by atoms with van der Waals surface area (Å²) in [5.74, 6) is 2.00. The predicted octanol–water partition coefficient (Wildman–Crippen LogP) is 4.18. The maximum atomic E-state index is 12.1. The number of fused-ring (bicyclic) bond motifs is 5. The summed E-state index contributed by atoms with van der Waals surface area (Å²) in [7, 11) is 0. The number of rotatable bonds is 6. The van der Waals surface area contributed by atoms with Gasteiger partial charge in [-0.25, -0.2) is 0 Å². The molecule has 1 heterocycles. The Hall–Kier alpha value is -0.540. The Morgan fingerprint density at radius 1 is 0.975 bits per heavy atom. The molecule has 1 aliphatic heterocycles. The number of aliphatic hydroxyl groups excluding tert-OH is 5. The van der Waals surface area contributed by atoms with E-state index >= 15 is 0 Å². The van der Waals surface area contributed by atoms with Gasteiger partial charge in [-0.15, -0.1) is 0 Å². The zero-order valence-corrected chi connectivity index (χ0v) is 25.8. The summed E-state index contributed by atoms with van der Waals surface area (Å²) in [4.78, 5) is 0. The minimum Gasteiger partial charge on any atom is -0.394 e. The Bertz CT molecular complexity index is 964. The fourth-order valence-corrected chi connectivity index (χ4v) is 10.9. The summed E-state index contributed by atoms with van der Waals surface area (Å²) in [5.41, 5.74) is 1.06. The minimum atomic E-state index is -1.45. The molecule has 3 saturated carbocycles. The summed E-state index contributed by atoms with van der Waals surface area (Å²) >= 11 is 0. The van der Waals surface area contributed by atoms with Gasteiger partial charge in [0.15, 0.2) is 6.29 Å². The van der Waals surface area contributed by atoms with Gasteiger partial charge in [-0.1, -0.05) is 73.0 Å². The molecular weight excluding hydrogens is 508 g/mol. The topological polar surface area (TPSA) is 120 Å². The van der Waals surface area contributed by atoms with Crippen molar-refractivity contribution in [3.63, 3.8) is 0 Å². The third-order valence-corrected chi connectivity index (χ3v) is 13.5. The first kappa shape index (κ1) is 30.9.